The van der Waals surface area contributed by atoms with E-state index in [1.807, 2.05) is 0 Å². The largest absolute Gasteiger partial charge is 0.390 e. The number of halogens is 3. The average Bonchev–Trinajstić information content (AvgIpc) is 1.57. The zero-order valence-corrected chi connectivity index (χ0v) is 5.41. The molecule has 1 N–H and O–H groups in total. The fourth-order valence-corrected chi connectivity index (χ4v) is 0.599. The normalized spacial score (nSPS) is 13.6. The molecule has 0 aromatic heterocycles. The van der Waals surface area contributed by atoms with Crippen LogP contribution in [-0.2, 0) is 10.1 Å². The predicted octanol–water partition coefficient (Wildman–Crippen LogP) is 0.988. The van der Waals surface area contributed by atoms with E-state index >= 15 is 0 Å². The van der Waals surface area contributed by atoms with Gasteiger partial charge in [-0.3, -0.25) is 4.55 Å². The molecule has 10 heavy (non-hydrogen) atoms. The Balaban J connectivity index is 3.79. The Kier molecular flexibility index (Phi) is 2.67. The van der Waals surface area contributed by atoms with Crippen molar-refractivity contribution in [1.82, 2.24) is 0 Å². The molecule has 0 aromatic carbocycles. The van der Waals surface area contributed by atoms with Gasteiger partial charge in [-0.25, -0.2) is 0 Å². The molecule has 0 amide bonds. The molecule has 0 bridgehead atoms. The van der Waals surface area contributed by atoms with E-state index in [1.165, 1.54) is 0 Å². The van der Waals surface area contributed by atoms with Crippen molar-refractivity contribution < 1.29 is 26.1 Å². The molecule has 0 heterocycles. The predicted molar refractivity (Wildman–Crippen MR) is 26.5 cm³/mol. The smallest absolute Gasteiger partial charge is 0.285 e. The zero-order chi connectivity index (χ0) is 8.41. The third-order valence-electron chi connectivity index (χ3n) is 0.525. The second kappa shape index (κ2) is 2.75. The van der Waals surface area contributed by atoms with Crippen LogP contribution in [0.5, 0.6) is 0 Å². The minimum atomic E-state index is -4.60. The van der Waals surface area contributed by atoms with E-state index in [9.17, 15) is 21.6 Å². The highest BCUT2D eigenvalue weighted by Gasteiger charge is 2.29. The average molecular weight is 177 g/mol. The van der Waals surface area contributed by atoms with Crippen LogP contribution in [0.2, 0.25) is 0 Å². The Bertz CT molecular complexity index is 192. The molecule has 0 saturated heterocycles. The van der Waals surface area contributed by atoms with Crippen LogP contribution in [-0.4, -0.2) is 19.1 Å². The monoisotopic (exact) mass is 177 g/mol. The van der Waals surface area contributed by atoms with Gasteiger partial charge in [-0.2, -0.15) is 21.6 Å². The summed E-state index contributed by atoms with van der Waals surface area (Å²) in [7, 11) is -4.60. The molecule has 1 radical (unpaired) electrons. The van der Waals surface area contributed by atoms with Crippen molar-refractivity contribution in [2.24, 2.45) is 0 Å². The van der Waals surface area contributed by atoms with Crippen molar-refractivity contribution in [3.63, 3.8) is 0 Å². The molecule has 0 aliphatic heterocycles. The van der Waals surface area contributed by atoms with Crippen LogP contribution in [0.4, 0.5) is 13.2 Å². The summed E-state index contributed by atoms with van der Waals surface area (Å²) in [5.41, 5.74) is 0. The Hall–Kier alpha value is -0.300. The molecule has 0 aliphatic rings. The van der Waals surface area contributed by atoms with Gasteiger partial charge < -0.3 is 0 Å². The molecular weight excluding hydrogens is 173 g/mol. The van der Waals surface area contributed by atoms with Crippen molar-refractivity contribution in [2.75, 3.05) is 0 Å². The van der Waals surface area contributed by atoms with Gasteiger partial charge in [0.05, 0.1) is 6.42 Å². The number of hydrogen-bond donors (Lipinski definition) is 1. The molecule has 61 valence electrons. The summed E-state index contributed by atoms with van der Waals surface area (Å²) in [5, 5.41) is 0. The van der Waals surface area contributed by atoms with Crippen LogP contribution in [0.15, 0.2) is 0 Å². The molecular formula is C3H4F3O3S. The fraction of sp³-hybridized carbons (Fsp3) is 0.667. The second-order valence-corrected chi connectivity index (χ2v) is 2.86. The number of alkyl halides is 3. The Morgan fingerprint density at radius 3 is 1.90 bits per heavy atom. The molecule has 3 nitrogen and oxygen atoms in total. The first-order chi connectivity index (χ1) is 4.21. The van der Waals surface area contributed by atoms with Gasteiger partial charge in [0.2, 0.25) is 0 Å². The highest BCUT2D eigenvalue weighted by molar-refractivity contribution is 7.87. The van der Waals surface area contributed by atoms with Crippen molar-refractivity contribution >= 4 is 10.1 Å². The molecule has 0 rings (SSSR count). The van der Waals surface area contributed by atoms with Gasteiger partial charge in [0, 0.05) is 0 Å². The molecule has 0 aromatic rings. The Labute approximate surface area is 55.6 Å². The second-order valence-electron chi connectivity index (χ2n) is 1.50. The third kappa shape index (κ3) is 7.70. The maximum atomic E-state index is 11.2. The summed E-state index contributed by atoms with van der Waals surface area (Å²) in [6.07, 6.45) is -6.22. The van der Waals surface area contributed by atoms with Crippen LogP contribution in [0, 0.1) is 5.75 Å². The minimum Gasteiger partial charge on any atom is -0.285 e. The van der Waals surface area contributed by atoms with E-state index in [1.54, 1.807) is 0 Å². The van der Waals surface area contributed by atoms with Crippen LogP contribution in [0.3, 0.4) is 0 Å². The summed E-state index contributed by atoms with van der Waals surface area (Å²) in [6.45, 7) is 0. The summed E-state index contributed by atoms with van der Waals surface area (Å²) in [6, 6.07) is 0. The molecule has 0 aliphatic carbocycles. The molecule has 0 unspecified atom stereocenters. The molecule has 0 saturated carbocycles. The number of hydrogen-bond acceptors (Lipinski definition) is 2. The summed E-state index contributed by atoms with van der Waals surface area (Å²) in [4.78, 5) is 0. The van der Waals surface area contributed by atoms with E-state index in [-0.39, 0.29) is 5.75 Å². The first-order valence-electron chi connectivity index (χ1n) is 2.08. The molecule has 0 fully saturated rings. The topological polar surface area (TPSA) is 54.4 Å². The van der Waals surface area contributed by atoms with E-state index in [0.29, 0.717) is 0 Å². The fourth-order valence-electron chi connectivity index (χ4n) is 0.200. The van der Waals surface area contributed by atoms with Gasteiger partial charge in [0.1, 0.15) is 5.75 Å². The maximum Gasteiger partial charge on any atom is 0.390 e. The van der Waals surface area contributed by atoms with Gasteiger partial charge in [-0.1, -0.05) is 0 Å². The standard InChI is InChI=1S/C3H4F3O3S/c4-3(5,6)1-2-10(7,8)9/h2H,1H2,(H,7,8,9). The minimum absolute atomic E-state index is 0.201. The molecule has 0 spiro atoms. The van der Waals surface area contributed by atoms with Gasteiger partial charge >= 0.3 is 6.18 Å². The van der Waals surface area contributed by atoms with Crippen molar-refractivity contribution in [3.05, 3.63) is 5.75 Å². The Morgan fingerprint density at radius 2 is 1.80 bits per heavy atom. The summed E-state index contributed by atoms with van der Waals surface area (Å²) in [5.74, 6) is -0.201. The van der Waals surface area contributed by atoms with Gasteiger partial charge in [-0.05, 0) is 0 Å². The van der Waals surface area contributed by atoms with E-state index in [2.05, 4.69) is 0 Å². The van der Waals surface area contributed by atoms with Crippen LogP contribution in [0.1, 0.15) is 6.42 Å². The first-order valence-corrected chi connectivity index (χ1v) is 3.58. The van der Waals surface area contributed by atoms with Gasteiger partial charge in [0.25, 0.3) is 10.1 Å². The quantitative estimate of drug-likeness (QED) is 0.640. The highest BCUT2D eigenvalue weighted by Crippen LogP contribution is 2.21. The molecule has 0 atom stereocenters. The first kappa shape index (κ1) is 9.70. The molecule has 7 heteroatoms. The van der Waals surface area contributed by atoms with Crippen molar-refractivity contribution in [3.8, 4) is 0 Å². The van der Waals surface area contributed by atoms with Crippen LogP contribution >= 0.6 is 0 Å². The highest BCUT2D eigenvalue weighted by atomic mass is 32.2. The van der Waals surface area contributed by atoms with Gasteiger partial charge in [0.15, 0.2) is 0 Å². The lowest BCUT2D eigenvalue weighted by atomic mass is 10.5. The summed E-state index contributed by atoms with van der Waals surface area (Å²) < 4.78 is 60.7. The van der Waals surface area contributed by atoms with E-state index in [0.717, 1.165) is 0 Å². The Morgan fingerprint density at radius 1 is 1.40 bits per heavy atom. The van der Waals surface area contributed by atoms with Crippen LogP contribution in [0.25, 0.3) is 0 Å². The van der Waals surface area contributed by atoms with Crippen LogP contribution < -0.4 is 0 Å². The lowest BCUT2D eigenvalue weighted by molar-refractivity contribution is -0.126. The van der Waals surface area contributed by atoms with E-state index < -0.39 is 22.7 Å². The summed E-state index contributed by atoms with van der Waals surface area (Å²) >= 11 is 0. The lowest BCUT2D eigenvalue weighted by Gasteiger charge is -2.01. The van der Waals surface area contributed by atoms with E-state index in [4.69, 9.17) is 4.55 Å². The third-order valence-corrected chi connectivity index (χ3v) is 1.11. The zero-order valence-electron chi connectivity index (χ0n) is 4.59. The number of rotatable bonds is 2. The van der Waals surface area contributed by atoms with Crippen molar-refractivity contribution in [2.45, 2.75) is 12.6 Å². The van der Waals surface area contributed by atoms with Gasteiger partial charge in [-0.15, -0.1) is 0 Å². The SMILES string of the molecule is O=S(=O)(O)[CH]CC(F)(F)F. The van der Waals surface area contributed by atoms with Crippen molar-refractivity contribution in [1.29, 1.82) is 0 Å². The lowest BCUT2D eigenvalue weighted by Crippen LogP contribution is -2.11. The maximum absolute atomic E-state index is 11.2.